The van der Waals surface area contributed by atoms with Gasteiger partial charge in [-0.1, -0.05) is 30.3 Å². The Balaban J connectivity index is 1.69. The molecule has 0 aliphatic carbocycles. The van der Waals surface area contributed by atoms with E-state index in [0.717, 1.165) is 44.0 Å². The Morgan fingerprint density at radius 3 is 2.44 bits per heavy atom. The molecule has 134 valence electrons. The van der Waals surface area contributed by atoms with Crippen molar-refractivity contribution < 1.29 is 4.39 Å². The minimum Gasteiger partial charge on any atom is -0.304 e. The Labute approximate surface area is 149 Å². The Bertz CT molecular complexity index is 639. The lowest BCUT2D eigenvalue weighted by molar-refractivity contribution is 0.117. The maximum Gasteiger partial charge on any atom is 0.141 e. The fraction of sp³-hybridized carbons (Fsp3) is 0.450. The van der Waals surface area contributed by atoms with Gasteiger partial charge in [-0.25, -0.2) is 4.39 Å². The first-order valence-electron chi connectivity index (χ1n) is 8.96. The number of benzene rings is 1. The summed E-state index contributed by atoms with van der Waals surface area (Å²) in [7, 11) is 2.17. The molecule has 2 heterocycles. The number of nitrogens with zero attached hydrogens (tertiary/aromatic N) is 3. The van der Waals surface area contributed by atoms with Crippen molar-refractivity contribution in [2.24, 2.45) is 0 Å². The Hall–Kier alpha value is -1.82. The second-order valence-corrected chi connectivity index (χ2v) is 6.84. The van der Waals surface area contributed by atoms with E-state index in [1.807, 2.05) is 18.2 Å². The normalized spacial score (nSPS) is 18.8. The lowest BCUT2D eigenvalue weighted by atomic mass is 10.0. The van der Waals surface area contributed by atoms with Crippen LogP contribution < -0.4 is 5.32 Å². The van der Waals surface area contributed by atoms with Crippen LogP contribution >= 0.6 is 0 Å². The summed E-state index contributed by atoms with van der Waals surface area (Å²) in [5, 5.41) is 3.64. The molecule has 5 heteroatoms. The fourth-order valence-corrected chi connectivity index (χ4v) is 3.28. The van der Waals surface area contributed by atoms with Crippen molar-refractivity contribution in [3.63, 3.8) is 0 Å². The summed E-state index contributed by atoms with van der Waals surface area (Å²) in [6, 6.07) is 13.9. The Morgan fingerprint density at radius 1 is 1.08 bits per heavy atom. The first-order valence-corrected chi connectivity index (χ1v) is 8.96. The number of rotatable bonds is 6. The molecule has 1 aliphatic heterocycles. The predicted molar refractivity (Wildman–Crippen MR) is 99.0 cm³/mol. The molecule has 25 heavy (non-hydrogen) atoms. The van der Waals surface area contributed by atoms with Crippen molar-refractivity contribution in [2.75, 3.05) is 39.8 Å². The highest BCUT2D eigenvalue weighted by molar-refractivity contribution is 5.27. The van der Waals surface area contributed by atoms with Crippen LogP contribution in [-0.2, 0) is 0 Å². The molecule has 1 aromatic heterocycles. The molecule has 4 nitrogen and oxygen atoms in total. The number of pyridine rings is 1. The van der Waals surface area contributed by atoms with E-state index in [0.29, 0.717) is 6.04 Å². The van der Waals surface area contributed by atoms with Gasteiger partial charge in [0.25, 0.3) is 0 Å². The number of piperazine rings is 1. The highest BCUT2D eigenvalue weighted by Gasteiger charge is 2.21. The third-order valence-electron chi connectivity index (χ3n) is 4.96. The summed E-state index contributed by atoms with van der Waals surface area (Å²) >= 11 is 0. The zero-order chi connectivity index (χ0) is 17.6. The number of nitrogens with one attached hydrogen (secondary N) is 1. The molecule has 0 saturated carbocycles. The van der Waals surface area contributed by atoms with E-state index >= 15 is 0 Å². The lowest BCUT2D eigenvalue weighted by Gasteiger charge is -2.37. The van der Waals surface area contributed by atoms with Gasteiger partial charge in [0.1, 0.15) is 5.82 Å². The van der Waals surface area contributed by atoms with Crippen LogP contribution in [0.15, 0.2) is 48.7 Å². The largest absolute Gasteiger partial charge is 0.304 e. The van der Waals surface area contributed by atoms with Gasteiger partial charge in [-0.05, 0) is 31.7 Å². The maximum absolute atomic E-state index is 13.2. The molecule has 0 amide bonds. The van der Waals surface area contributed by atoms with Crippen LogP contribution in [0.25, 0.3) is 0 Å². The molecular formula is C20H27FN4. The monoisotopic (exact) mass is 342 g/mol. The summed E-state index contributed by atoms with van der Waals surface area (Å²) in [6.45, 7) is 7.56. The number of halogens is 1. The molecular weight excluding hydrogens is 315 g/mol. The molecule has 2 aromatic rings. The second kappa shape index (κ2) is 8.52. The lowest BCUT2D eigenvalue weighted by Crippen LogP contribution is -2.51. The first kappa shape index (κ1) is 18.0. The van der Waals surface area contributed by atoms with Gasteiger partial charge in [-0.3, -0.25) is 9.88 Å². The van der Waals surface area contributed by atoms with Crippen molar-refractivity contribution in [2.45, 2.75) is 19.0 Å². The third-order valence-corrected chi connectivity index (χ3v) is 4.96. The van der Waals surface area contributed by atoms with Gasteiger partial charge >= 0.3 is 0 Å². The SMILES string of the molecule is C[C@H](CN[C@@H](c1ccccc1)c1ccc(F)cn1)N1CCN(C)CC1. The van der Waals surface area contributed by atoms with Crippen molar-refractivity contribution in [3.8, 4) is 0 Å². The number of aromatic nitrogens is 1. The summed E-state index contributed by atoms with van der Waals surface area (Å²) in [6.07, 6.45) is 1.29. The molecule has 1 fully saturated rings. The maximum atomic E-state index is 13.2. The number of hydrogen-bond donors (Lipinski definition) is 1. The van der Waals surface area contributed by atoms with Crippen LogP contribution in [0, 0.1) is 5.82 Å². The molecule has 0 unspecified atom stereocenters. The fourth-order valence-electron chi connectivity index (χ4n) is 3.28. The van der Waals surface area contributed by atoms with Gasteiger partial charge in [0, 0.05) is 38.8 Å². The van der Waals surface area contributed by atoms with Gasteiger partial charge in [0.05, 0.1) is 17.9 Å². The van der Waals surface area contributed by atoms with E-state index in [2.05, 4.69) is 46.2 Å². The average Bonchev–Trinajstić information content (AvgIpc) is 2.64. The molecule has 0 radical (unpaired) electrons. The zero-order valence-corrected chi connectivity index (χ0v) is 15.0. The molecule has 1 saturated heterocycles. The summed E-state index contributed by atoms with van der Waals surface area (Å²) in [5.41, 5.74) is 1.99. The summed E-state index contributed by atoms with van der Waals surface area (Å²) in [5.74, 6) is -0.304. The molecule has 1 N–H and O–H groups in total. The van der Waals surface area contributed by atoms with E-state index in [4.69, 9.17) is 0 Å². The highest BCUT2D eigenvalue weighted by atomic mass is 19.1. The van der Waals surface area contributed by atoms with Gasteiger partial charge in [-0.15, -0.1) is 0 Å². The minimum atomic E-state index is -0.304. The number of hydrogen-bond acceptors (Lipinski definition) is 4. The van der Waals surface area contributed by atoms with Crippen LogP contribution in [0.4, 0.5) is 4.39 Å². The Morgan fingerprint density at radius 2 is 1.80 bits per heavy atom. The van der Waals surface area contributed by atoms with E-state index in [-0.39, 0.29) is 11.9 Å². The van der Waals surface area contributed by atoms with Crippen LogP contribution in [0.1, 0.15) is 24.2 Å². The predicted octanol–water partition coefficient (Wildman–Crippen LogP) is 2.54. The highest BCUT2D eigenvalue weighted by Crippen LogP contribution is 2.20. The molecule has 2 atom stereocenters. The van der Waals surface area contributed by atoms with E-state index in [9.17, 15) is 4.39 Å². The standard InChI is InChI=1S/C20H27FN4/c1-16(25-12-10-24(2)11-13-25)14-23-20(17-6-4-3-5-7-17)19-9-8-18(21)15-22-19/h3-9,15-16,20,23H,10-14H2,1-2H3/t16-,20+/m1/s1. The molecule has 0 spiro atoms. The van der Waals surface area contributed by atoms with Gasteiger partial charge in [-0.2, -0.15) is 0 Å². The van der Waals surface area contributed by atoms with E-state index in [1.165, 1.54) is 12.3 Å². The van der Waals surface area contributed by atoms with Crippen molar-refractivity contribution in [1.29, 1.82) is 0 Å². The van der Waals surface area contributed by atoms with E-state index in [1.54, 1.807) is 6.07 Å². The van der Waals surface area contributed by atoms with Crippen molar-refractivity contribution >= 4 is 0 Å². The molecule has 1 aromatic carbocycles. The average molecular weight is 342 g/mol. The minimum absolute atomic E-state index is 0.0308. The van der Waals surface area contributed by atoms with E-state index < -0.39 is 0 Å². The quantitative estimate of drug-likeness (QED) is 0.874. The van der Waals surface area contributed by atoms with Crippen LogP contribution in [0.3, 0.4) is 0 Å². The summed E-state index contributed by atoms with van der Waals surface area (Å²) in [4.78, 5) is 9.19. The second-order valence-electron chi connectivity index (χ2n) is 6.84. The Kier molecular flexibility index (Phi) is 6.13. The third kappa shape index (κ3) is 4.84. The van der Waals surface area contributed by atoms with Crippen LogP contribution in [0.2, 0.25) is 0 Å². The van der Waals surface area contributed by atoms with Crippen LogP contribution in [-0.4, -0.2) is 60.6 Å². The van der Waals surface area contributed by atoms with Gasteiger partial charge in [0.2, 0.25) is 0 Å². The van der Waals surface area contributed by atoms with Crippen LogP contribution in [0.5, 0.6) is 0 Å². The zero-order valence-electron chi connectivity index (χ0n) is 15.0. The van der Waals surface area contributed by atoms with Crippen molar-refractivity contribution in [1.82, 2.24) is 20.1 Å². The topological polar surface area (TPSA) is 31.4 Å². The molecule has 0 bridgehead atoms. The molecule has 3 rings (SSSR count). The molecule has 1 aliphatic rings. The van der Waals surface area contributed by atoms with Crippen molar-refractivity contribution in [3.05, 3.63) is 65.7 Å². The first-order chi connectivity index (χ1) is 12.1. The van der Waals surface area contributed by atoms with Gasteiger partial charge < -0.3 is 10.2 Å². The number of likely N-dealkylation sites (N-methyl/N-ethyl adjacent to an activating group) is 1. The van der Waals surface area contributed by atoms with Gasteiger partial charge in [0.15, 0.2) is 0 Å². The summed E-state index contributed by atoms with van der Waals surface area (Å²) < 4.78 is 13.2. The smallest absolute Gasteiger partial charge is 0.141 e.